The van der Waals surface area contributed by atoms with E-state index in [0.717, 1.165) is 12.1 Å². The molecule has 4 aromatic carbocycles. The molecule has 0 spiro atoms. The van der Waals surface area contributed by atoms with Gasteiger partial charge in [0.2, 0.25) is 29.5 Å². The lowest BCUT2D eigenvalue weighted by molar-refractivity contribution is -0.141. The number of anilines is 2. The molecule has 2 aliphatic rings. The molecule has 6 aromatic rings. The predicted octanol–water partition coefficient (Wildman–Crippen LogP) is 8.48. The normalized spacial score (nSPS) is 13.7. The van der Waals surface area contributed by atoms with Gasteiger partial charge in [-0.25, -0.2) is 17.6 Å². The van der Waals surface area contributed by atoms with Gasteiger partial charge in [0.25, 0.3) is 11.8 Å². The highest BCUT2D eigenvalue weighted by molar-refractivity contribution is 5.97. The van der Waals surface area contributed by atoms with Crippen molar-refractivity contribution >= 4 is 41.5 Å². The molecule has 3 amide bonds. The number of rotatable bonds is 13. The highest BCUT2D eigenvalue weighted by Gasteiger charge is 2.38. The number of nitrogens with one attached hydrogen (secondary N) is 1. The van der Waals surface area contributed by atoms with Crippen molar-refractivity contribution in [1.29, 1.82) is 0 Å². The van der Waals surface area contributed by atoms with Crippen molar-refractivity contribution in [2.24, 2.45) is 11.8 Å². The van der Waals surface area contributed by atoms with Crippen LogP contribution in [0.3, 0.4) is 0 Å². The third-order valence-corrected chi connectivity index (χ3v) is 10.3. The number of hydrogen-bond acceptors (Lipinski definition) is 10. The Labute approximate surface area is 370 Å². The molecule has 1 N–H and O–H groups in total. The maximum atomic E-state index is 14.9. The van der Waals surface area contributed by atoms with Crippen molar-refractivity contribution in [3.8, 4) is 22.9 Å². The summed E-state index contributed by atoms with van der Waals surface area (Å²) < 4.78 is 118. The Morgan fingerprint density at radius 3 is 1.46 bits per heavy atom. The molecule has 0 bridgehead atoms. The van der Waals surface area contributed by atoms with E-state index in [-0.39, 0.29) is 102 Å². The largest absolute Gasteiger partial charge is 0.415 e. The molecule has 0 radical (unpaired) electrons. The van der Waals surface area contributed by atoms with Crippen molar-refractivity contribution in [1.82, 2.24) is 30.6 Å². The Kier molecular flexibility index (Phi) is 15.3. The van der Waals surface area contributed by atoms with E-state index in [1.54, 1.807) is 17.9 Å². The van der Waals surface area contributed by atoms with Crippen LogP contribution in [0.25, 0.3) is 22.9 Å². The summed E-state index contributed by atoms with van der Waals surface area (Å²) in [5, 5.41) is 16.4. The van der Waals surface area contributed by atoms with Gasteiger partial charge in [-0.15, -0.1) is 32.8 Å². The summed E-state index contributed by atoms with van der Waals surface area (Å²) in [7, 11) is 0. The number of likely N-dealkylation sites (tertiary alicyclic amines) is 1. The lowest BCUT2D eigenvalue weighted by atomic mass is 9.97. The molecule has 4 heterocycles. The molecule has 2 aromatic heterocycles. The van der Waals surface area contributed by atoms with Crippen LogP contribution in [0, 0.1) is 35.1 Å². The SMILES string of the molecule is CCC(=O)N1CC(C(=O)N(Cc2ccc(-c3nnc(C(F)F)o3)cc2F)c2cccc(F)c2)C1.Cl.O=C(C1CNC1)N(Cc1ccc(-c2nnc(C(F)F)o2)cc1F)c1cccc(F)c1. The lowest BCUT2D eigenvalue weighted by Crippen LogP contribution is -2.56. The molecular weight excluding hydrogens is 896 g/mol. The molecule has 0 unspecified atom stereocenters. The fourth-order valence-corrected chi connectivity index (χ4v) is 6.68. The van der Waals surface area contributed by atoms with Crippen LogP contribution in [0.1, 0.15) is 49.1 Å². The maximum absolute atomic E-state index is 14.9. The van der Waals surface area contributed by atoms with E-state index < -0.39 is 53.8 Å². The van der Waals surface area contributed by atoms with Crippen molar-refractivity contribution in [2.45, 2.75) is 39.3 Å². The van der Waals surface area contributed by atoms with Gasteiger partial charge in [0.1, 0.15) is 23.3 Å². The minimum atomic E-state index is -2.95. The van der Waals surface area contributed by atoms with Gasteiger partial charge in [-0.3, -0.25) is 14.4 Å². The number of hydrogen-bond donors (Lipinski definition) is 1. The van der Waals surface area contributed by atoms with Crippen LogP contribution in [0.4, 0.5) is 46.5 Å². The zero-order valence-electron chi connectivity index (χ0n) is 33.9. The van der Waals surface area contributed by atoms with Gasteiger partial charge in [0.15, 0.2) is 0 Å². The van der Waals surface area contributed by atoms with E-state index in [9.17, 15) is 49.5 Å². The van der Waals surface area contributed by atoms with Crippen LogP contribution < -0.4 is 15.1 Å². The van der Waals surface area contributed by atoms with E-state index in [1.807, 2.05) is 0 Å². The Morgan fingerprint density at radius 1 is 0.662 bits per heavy atom. The fraction of sp³-hybridized carbons (Fsp3) is 0.279. The molecule has 22 heteroatoms. The summed E-state index contributed by atoms with van der Waals surface area (Å²) in [6.07, 6.45) is -5.56. The third-order valence-electron chi connectivity index (χ3n) is 10.3. The molecule has 0 aliphatic carbocycles. The molecule has 2 aliphatic heterocycles. The number of aromatic nitrogens is 4. The molecule has 8 rings (SSSR count). The van der Waals surface area contributed by atoms with Gasteiger partial charge in [0.05, 0.1) is 24.9 Å². The molecule has 65 heavy (non-hydrogen) atoms. The second kappa shape index (κ2) is 20.8. The average molecular weight is 933 g/mol. The van der Waals surface area contributed by atoms with Crippen LogP contribution >= 0.6 is 12.4 Å². The minimum Gasteiger partial charge on any atom is -0.415 e. The Hall–Kier alpha value is -6.74. The van der Waals surface area contributed by atoms with Crippen molar-refractivity contribution in [3.05, 3.63) is 131 Å². The molecule has 2 fully saturated rings. The van der Waals surface area contributed by atoms with E-state index in [2.05, 4.69) is 25.7 Å². The van der Waals surface area contributed by atoms with Crippen LogP contribution in [0.15, 0.2) is 93.8 Å². The average Bonchev–Trinajstić information content (AvgIpc) is 3.94. The van der Waals surface area contributed by atoms with E-state index in [4.69, 9.17) is 8.83 Å². The highest BCUT2D eigenvalue weighted by Crippen LogP contribution is 2.30. The number of carbonyl (C=O) groups is 3. The van der Waals surface area contributed by atoms with E-state index in [1.165, 1.54) is 76.5 Å². The van der Waals surface area contributed by atoms with Gasteiger partial charge in [-0.1, -0.05) is 31.2 Å². The van der Waals surface area contributed by atoms with Crippen LogP contribution in [-0.4, -0.2) is 69.2 Å². The second-order valence-corrected chi connectivity index (χ2v) is 14.6. The number of alkyl halides is 4. The molecule has 342 valence electrons. The van der Waals surface area contributed by atoms with Gasteiger partial charge in [-0.05, 0) is 60.7 Å². The first-order chi connectivity index (χ1) is 30.7. The van der Waals surface area contributed by atoms with Crippen molar-refractivity contribution in [2.75, 3.05) is 36.0 Å². The number of carbonyl (C=O) groups excluding carboxylic acids is 3. The number of halogens is 9. The van der Waals surface area contributed by atoms with Crippen LogP contribution in [0.5, 0.6) is 0 Å². The number of benzene rings is 4. The van der Waals surface area contributed by atoms with Crippen LogP contribution in [-0.2, 0) is 27.5 Å². The monoisotopic (exact) mass is 932 g/mol. The smallest absolute Gasteiger partial charge is 0.314 e. The van der Waals surface area contributed by atoms with E-state index in [0.29, 0.717) is 25.2 Å². The summed E-state index contributed by atoms with van der Waals surface area (Å²) in [5.41, 5.74) is 1.05. The van der Waals surface area contributed by atoms with Gasteiger partial charge in [0, 0.05) is 66.2 Å². The summed E-state index contributed by atoms with van der Waals surface area (Å²) in [6.45, 7) is 2.86. The van der Waals surface area contributed by atoms with Gasteiger partial charge < -0.3 is 28.9 Å². The van der Waals surface area contributed by atoms with Crippen molar-refractivity contribution in [3.63, 3.8) is 0 Å². The maximum Gasteiger partial charge on any atom is 0.314 e. The molecule has 2 saturated heterocycles. The molecule has 0 atom stereocenters. The Morgan fingerprint density at radius 2 is 1.11 bits per heavy atom. The molecule has 13 nitrogen and oxygen atoms in total. The van der Waals surface area contributed by atoms with Crippen LogP contribution in [0.2, 0.25) is 0 Å². The first-order valence-corrected chi connectivity index (χ1v) is 19.6. The summed E-state index contributed by atoms with van der Waals surface area (Å²) in [5.74, 6) is -6.20. The zero-order valence-corrected chi connectivity index (χ0v) is 34.8. The third kappa shape index (κ3) is 11.1. The highest BCUT2D eigenvalue weighted by atomic mass is 35.5. The summed E-state index contributed by atoms with van der Waals surface area (Å²) >= 11 is 0. The zero-order chi connectivity index (χ0) is 45.7. The summed E-state index contributed by atoms with van der Waals surface area (Å²) in [6, 6.07) is 18.6. The predicted molar refractivity (Wildman–Crippen MR) is 218 cm³/mol. The molecule has 0 saturated carbocycles. The quantitative estimate of drug-likeness (QED) is 0.112. The number of nitrogens with zero attached hydrogens (tertiary/aromatic N) is 7. The fourth-order valence-electron chi connectivity index (χ4n) is 6.68. The standard InChI is InChI=1S/C23H20F4N4O3.C20H16F4N4O2.ClH/c1-2-19(32)30-10-15(11-30)23(33)31(17-5-3-4-16(24)9-17)12-14-7-6-13(8-18(14)25)21-28-29-22(34-21)20(26)27;21-14-2-1-3-15(7-14)28(20(29)13-8-25-9-13)10-12-5-4-11(6-16(12)22)18-26-27-19(30-18)17(23)24;/h3-9,15,20H,2,10-12H2,1H3;1-7,13,17,25H,8-10H2;1H. The minimum absolute atomic E-state index is 0. The number of amides is 3. The topological polar surface area (TPSA) is 151 Å². The second-order valence-electron chi connectivity index (χ2n) is 14.6. The Bertz CT molecular complexity index is 2640. The van der Waals surface area contributed by atoms with Crippen molar-refractivity contribution < 1.29 is 58.3 Å². The van der Waals surface area contributed by atoms with Gasteiger partial charge in [-0.2, -0.15) is 17.6 Å². The van der Waals surface area contributed by atoms with E-state index >= 15 is 0 Å². The first kappa shape index (κ1) is 47.7. The molecular formula is C43H37ClF8N8O5. The first-order valence-electron chi connectivity index (χ1n) is 19.6. The Balaban J connectivity index is 0.000000214. The summed E-state index contributed by atoms with van der Waals surface area (Å²) in [4.78, 5) is 42.0. The van der Waals surface area contributed by atoms with Gasteiger partial charge >= 0.3 is 12.9 Å². The lowest BCUT2D eigenvalue weighted by Gasteiger charge is -2.40.